The van der Waals surface area contributed by atoms with Gasteiger partial charge in [0.05, 0.1) is 0 Å². The number of amides is 1. The molecule has 1 amide bonds. The van der Waals surface area contributed by atoms with Gasteiger partial charge in [0, 0.05) is 11.7 Å². The summed E-state index contributed by atoms with van der Waals surface area (Å²) in [6.07, 6.45) is 0. The molecule has 0 bridgehead atoms. The van der Waals surface area contributed by atoms with Crippen LogP contribution >= 0.6 is 27.7 Å². The van der Waals surface area contributed by atoms with E-state index in [1.165, 1.54) is 11.8 Å². The number of rotatable bonds is 3. The molecule has 106 valence electrons. The van der Waals surface area contributed by atoms with Gasteiger partial charge in [-0.2, -0.15) is 0 Å². The van der Waals surface area contributed by atoms with Crippen LogP contribution in [0.15, 0.2) is 0 Å². The fourth-order valence-electron chi connectivity index (χ4n) is 2.20. The average Bonchev–Trinajstić information content (AvgIpc) is 2.57. The maximum Gasteiger partial charge on any atom is 0.333 e. The molecular weight excluding hydrogens is 338 g/mol. The largest absolute Gasteiger partial charge is 0.428 e. The molecule has 2 aliphatic rings. The lowest BCUT2D eigenvalue weighted by Crippen LogP contribution is -2.63. The van der Waals surface area contributed by atoms with Gasteiger partial charge in [0.25, 0.3) is 0 Å². The van der Waals surface area contributed by atoms with E-state index in [1.54, 1.807) is 11.8 Å². The van der Waals surface area contributed by atoms with Crippen LogP contribution in [-0.2, 0) is 23.9 Å². The fourth-order valence-corrected chi connectivity index (χ4v) is 4.55. The normalized spacial score (nSPS) is 31.5. The Balaban J connectivity index is 2.03. The monoisotopic (exact) mass is 351 g/mol. The number of esters is 2. The zero-order valence-electron chi connectivity index (χ0n) is 10.7. The summed E-state index contributed by atoms with van der Waals surface area (Å²) in [6, 6.07) is -0.653. The first kappa shape index (κ1) is 14.6. The number of ether oxygens (including phenoxy) is 2. The van der Waals surface area contributed by atoms with E-state index in [4.69, 9.17) is 4.74 Å². The lowest BCUT2D eigenvalue weighted by Gasteiger charge is -2.41. The summed E-state index contributed by atoms with van der Waals surface area (Å²) in [5.74, 6) is -1.18. The number of β-lactam (4-membered cyclic amide) rings is 1. The van der Waals surface area contributed by atoms with Gasteiger partial charge in [-0.25, -0.2) is 4.79 Å². The Kier molecular flexibility index (Phi) is 3.83. The summed E-state index contributed by atoms with van der Waals surface area (Å²) >= 11 is 4.85. The average molecular weight is 352 g/mol. The lowest BCUT2D eigenvalue weighted by molar-refractivity contribution is -0.174. The smallest absolute Gasteiger partial charge is 0.333 e. The molecule has 0 spiro atoms. The van der Waals surface area contributed by atoms with Crippen LogP contribution in [0.25, 0.3) is 0 Å². The Labute approximate surface area is 123 Å². The van der Waals surface area contributed by atoms with Crippen molar-refractivity contribution in [2.24, 2.45) is 0 Å². The summed E-state index contributed by atoms with van der Waals surface area (Å²) in [5, 5.41) is -0.0474. The Morgan fingerprint density at radius 1 is 1.42 bits per heavy atom. The van der Waals surface area contributed by atoms with E-state index in [9.17, 15) is 14.4 Å². The minimum absolute atomic E-state index is 0.0474. The number of carbonyl (C=O) groups excluding carboxylic acids is 3. The molecule has 0 aromatic heterocycles. The predicted molar refractivity (Wildman–Crippen MR) is 71.5 cm³/mol. The fraction of sp³-hybridized carbons (Fsp3) is 0.727. The number of nitrogens with zero attached hydrogens (tertiary/aromatic N) is 1. The van der Waals surface area contributed by atoms with Crippen LogP contribution in [0.4, 0.5) is 0 Å². The highest BCUT2D eigenvalue weighted by molar-refractivity contribution is 9.10. The quantitative estimate of drug-likeness (QED) is 0.325. The van der Waals surface area contributed by atoms with Gasteiger partial charge in [-0.1, -0.05) is 15.9 Å². The van der Waals surface area contributed by atoms with Gasteiger partial charge in [0.1, 0.15) is 16.2 Å². The van der Waals surface area contributed by atoms with E-state index >= 15 is 0 Å². The van der Waals surface area contributed by atoms with Gasteiger partial charge < -0.3 is 14.4 Å². The van der Waals surface area contributed by atoms with Crippen LogP contribution in [0.3, 0.4) is 0 Å². The van der Waals surface area contributed by atoms with E-state index < -0.39 is 29.5 Å². The third-order valence-electron chi connectivity index (χ3n) is 3.06. The highest BCUT2D eigenvalue weighted by atomic mass is 79.9. The van der Waals surface area contributed by atoms with E-state index in [1.807, 2.05) is 13.8 Å². The van der Waals surface area contributed by atoms with Crippen molar-refractivity contribution in [3.8, 4) is 0 Å². The van der Waals surface area contributed by atoms with Crippen molar-refractivity contribution < 1.29 is 23.9 Å². The Hall–Kier alpha value is -0.760. The second-order valence-corrected chi connectivity index (χ2v) is 7.64. The first-order valence-electron chi connectivity index (χ1n) is 5.70. The van der Waals surface area contributed by atoms with Crippen molar-refractivity contribution in [2.45, 2.75) is 41.8 Å². The van der Waals surface area contributed by atoms with E-state index in [2.05, 4.69) is 20.7 Å². The minimum Gasteiger partial charge on any atom is -0.428 e. The number of hydrogen-bond donors (Lipinski definition) is 0. The van der Waals surface area contributed by atoms with Gasteiger partial charge in [0.15, 0.2) is 0 Å². The highest BCUT2D eigenvalue weighted by Crippen LogP contribution is 2.52. The third-order valence-corrected chi connectivity index (χ3v) is 5.88. The van der Waals surface area contributed by atoms with Crippen LogP contribution in [0.1, 0.15) is 20.8 Å². The summed E-state index contributed by atoms with van der Waals surface area (Å²) in [5.41, 5.74) is 0. The molecule has 19 heavy (non-hydrogen) atoms. The Morgan fingerprint density at radius 2 is 2.05 bits per heavy atom. The number of hydrogen-bond acceptors (Lipinski definition) is 6. The first-order valence-corrected chi connectivity index (χ1v) is 7.49. The van der Waals surface area contributed by atoms with Gasteiger partial charge in [-0.05, 0) is 13.8 Å². The highest BCUT2D eigenvalue weighted by Gasteiger charge is 2.63. The second kappa shape index (κ2) is 4.97. The molecule has 3 atom stereocenters. The molecule has 0 radical (unpaired) electrons. The van der Waals surface area contributed by atoms with E-state index in [0.717, 1.165) is 0 Å². The van der Waals surface area contributed by atoms with Crippen LogP contribution in [0.5, 0.6) is 0 Å². The summed E-state index contributed by atoms with van der Waals surface area (Å²) < 4.78 is 9.04. The molecule has 0 N–H and O–H groups in total. The Morgan fingerprint density at radius 3 is 2.63 bits per heavy atom. The van der Waals surface area contributed by atoms with Crippen molar-refractivity contribution >= 4 is 45.5 Å². The summed E-state index contributed by atoms with van der Waals surface area (Å²) in [7, 11) is 0. The maximum absolute atomic E-state index is 12.0. The summed E-state index contributed by atoms with van der Waals surface area (Å²) in [6.45, 7) is 4.59. The van der Waals surface area contributed by atoms with Gasteiger partial charge in [-0.15, -0.1) is 11.8 Å². The molecular formula is C11H14BrNO5S. The van der Waals surface area contributed by atoms with Crippen molar-refractivity contribution in [3.63, 3.8) is 0 Å². The molecule has 8 heteroatoms. The summed E-state index contributed by atoms with van der Waals surface area (Å²) in [4.78, 5) is 35.7. The van der Waals surface area contributed by atoms with Gasteiger partial charge >= 0.3 is 11.9 Å². The Bertz CT molecular complexity index is 441. The molecule has 2 aliphatic heterocycles. The standard InChI is InChI=1S/C11H14BrNO5S/c1-5(14)17-4-18-10(16)7-11(2,3)19-9-6(12)8(15)13(7)9/h6-7,9H,4H2,1-3H3/t6-,7+,9-/m1/s1. The number of alkyl halides is 1. The molecule has 2 saturated heterocycles. The second-order valence-electron chi connectivity index (χ2n) is 4.88. The van der Waals surface area contributed by atoms with Crippen LogP contribution in [-0.4, -0.2) is 50.5 Å². The van der Waals surface area contributed by atoms with Crippen LogP contribution < -0.4 is 0 Å². The molecule has 0 aromatic rings. The third kappa shape index (κ3) is 2.47. The predicted octanol–water partition coefficient (Wildman–Crippen LogP) is 0.876. The number of fused-ring (bicyclic) bond motifs is 1. The molecule has 0 saturated carbocycles. The molecule has 2 heterocycles. The lowest BCUT2D eigenvalue weighted by atomic mass is 9.98. The number of carbonyl (C=O) groups is 3. The number of thioether (sulfide) groups is 1. The number of halogens is 1. The van der Waals surface area contributed by atoms with Crippen LogP contribution in [0.2, 0.25) is 0 Å². The first-order chi connectivity index (χ1) is 8.75. The SMILES string of the molecule is CC(=O)OCOC(=O)[C@@H]1N2C(=O)[C@@H](Br)[C@H]2SC1(C)C. The molecule has 6 nitrogen and oxygen atoms in total. The van der Waals surface area contributed by atoms with Gasteiger partial charge in [-0.3, -0.25) is 9.59 Å². The maximum atomic E-state index is 12.0. The minimum atomic E-state index is -0.653. The van der Waals surface area contributed by atoms with Crippen molar-refractivity contribution in [1.82, 2.24) is 4.90 Å². The molecule has 0 unspecified atom stereocenters. The topological polar surface area (TPSA) is 72.9 Å². The van der Waals surface area contributed by atoms with Crippen molar-refractivity contribution in [1.29, 1.82) is 0 Å². The van der Waals surface area contributed by atoms with E-state index in [0.29, 0.717) is 0 Å². The van der Waals surface area contributed by atoms with Crippen molar-refractivity contribution in [3.05, 3.63) is 0 Å². The van der Waals surface area contributed by atoms with Crippen molar-refractivity contribution in [2.75, 3.05) is 6.79 Å². The van der Waals surface area contributed by atoms with Gasteiger partial charge in [0.2, 0.25) is 12.7 Å². The van der Waals surface area contributed by atoms with E-state index in [-0.39, 0.29) is 16.1 Å². The zero-order valence-corrected chi connectivity index (χ0v) is 13.1. The zero-order chi connectivity index (χ0) is 14.4. The molecule has 0 aliphatic carbocycles. The van der Waals surface area contributed by atoms with Crippen LogP contribution in [0, 0.1) is 0 Å². The molecule has 2 fully saturated rings. The molecule has 0 aromatic carbocycles. The molecule has 2 rings (SSSR count).